The maximum Gasteiger partial charge on any atom is 0.0430 e. The van der Waals surface area contributed by atoms with Crippen molar-refractivity contribution in [3.8, 4) is 0 Å². The summed E-state index contributed by atoms with van der Waals surface area (Å²) in [7, 11) is 0. The molecule has 2 rings (SSSR count). The van der Waals surface area contributed by atoms with Crippen molar-refractivity contribution in [2.24, 2.45) is 0 Å². The Hall–Kier alpha value is -1.87. The Morgan fingerprint density at radius 1 is 1.05 bits per heavy atom. The van der Waals surface area contributed by atoms with Crippen LogP contribution < -0.4 is 10.2 Å². The van der Waals surface area contributed by atoms with Gasteiger partial charge in [-0.15, -0.1) is 0 Å². The Kier molecular flexibility index (Phi) is 6.22. The van der Waals surface area contributed by atoms with Gasteiger partial charge in [0.2, 0.25) is 0 Å². The number of nitrogens with one attached hydrogen (secondary N) is 1. The summed E-state index contributed by atoms with van der Waals surface area (Å²) < 4.78 is 0. The molecule has 0 unspecified atom stereocenters. The van der Waals surface area contributed by atoms with Gasteiger partial charge in [0.25, 0.3) is 0 Å². The van der Waals surface area contributed by atoms with Gasteiger partial charge >= 0.3 is 0 Å². The number of anilines is 1. The van der Waals surface area contributed by atoms with E-state index in [-0.39, 0.29) is 0 Å². The molecule has 1 N–H and O–H groups in total. The van der Waals surface area contributed by atoms with E-state index in [2.05, 4.69) is 65.4 Å². The fourth-order valence-corrected chi connectivity index (χ4v) is 2.44. The summed E-state index contributed by atoms with van der Waals surface area (Å²) in [5, 5.41) is 3.50. The minimum atomic E-state index is 0.920. The monoisotopic (exact) mass is 283 g/mol. The van der Waals surface area contributed by atoms with E-state index < -0.39 is 0 Å². The van der Waals surface area contributed by atoms with Crippen molar-refractivity contribution >= 4 is 5.69 Å². The van der Waals surface area contributed by atoms with Crippen LogP contribution in [0.15, 0.2) is 48.8 Å². The van der Waals surface area contributed by atoms with E-state index >= 15 is 0 Å². The van der Waals surface area contributed by atoms with Gasteiger partial charge < -0.3 is 10.2 Å². The molecule has 0 aliphatic rings. The maximum absolute atomic E-state index is 4.09. The molecule has 0 saturated carbocycles. The molecule has 2 aromatic rings. The third-order valence-electron chi connectivity index (χ3n) is 3.58. The van der Waals surface area contributed by atoms with E-state index in [4.69, 9.17) is 0 Å². The molecule has 0 saturated heterocycles. The molecule has 0 amide bonds. The Balaban J connectivity index is 2.13. The number of aromatic nitrogens is 1. The first-order chi connectivity index (χ1) is 10.3. The van der Waals surface area contributed by atoms with E-state index in [1.165, 1.54) is 16.8 Å². The van der Waals surface area contributed by atoms with Gasteiger partial charge in [0.1, 0.15) is 0 Å². The first-order valence-corrected chi connectivity index (χ1v) is 7.77. The number of para-hydroxylation sites is 1. The quantitative estimate of drug-likeness (QED) is 0.750. The number of benzene rings is 1. The molecule has 1 heterocycles. The fourth-order valence-electron chi connectivity index (χ4n) is 2.44. The van der Waals surface area contributed by atoms with Gasteiger partial charge in [0.15, 0.2) is 0 Å². The van der Waals surface area contributed by atoms with Gasteiger partial charge in [-0.2, -0.15) is 0 Å². The average Bonchev–Trinajstić information content (AvgIpc) is 2.54. The van der Waals surface area contributed by atoms with Crippen molar-refractivity contribution in [1.82, 2.24) is 10.3 Å². The van der Waals surface area contributed by atoms with Crippen molar-refractivity contribution in [1.29, 1.82) is 0 Å². The van der Waals surface area contributed by atoms with Crippen LogP contribution in [-0.2, 0) is 13.1 Å². The largest absolute Gasteiger partial charge is 0.367 e. The molecule has 0 atom stereocenters. The molecule has 0 radical (unpaired) electrons. The third kappa shape index (κ3) is 4.57. The highest BCUT2D eigenvalue weighted by atomic mass is 15.1. The van der Waals surface area contributed by atoms with Gasteiger partial charge in [-0.3, -0.25) is 4.98 Å². The van der Waals surface area contributed by atoms with Crippen molar-refractivity contribution in [2.45, 2.75) is 33.4 Å². The van der Waals surface area contributed by atoms with Gasteiger partial charge in [-0.1, -0.05) is 25.1 Å². The smallest absolute Gasteiger partial charge is 0.0430 e. The van der Waals surface area contributed by atoms with Crippen LogP contribution in [0.2, 0.25) is 0 Å². The molecule has 3 heteroatoms. The van der Waals surface area contributed by atoms with E-state index in [0.29, 0.717) is 0 Å². The molecule has 1 aromatic carbocycles. The van der Waals surface area contributed by atoms with Crippen molar-refractivity contribution in [3.63, 3.8) is 0 Å². The first-order valence-electron chi connectivity index (χ1n) is 7.77. The number of hydrogen-bond acceptors (Lipinski definition) is 3. The van der Waals surface area contributed by atoms with Crippen LogP contribution in [0.1, 0.15) is 31.4 Å². The van der Waals surface area contributed by atoms with E-state index in [1.807, 2.05) is 12.4 Å². The van der Waals surface area contributed by atoms with E-state index in [0.717, 1.165) is 32.6 Å². The molecule has 21 heavy (non-hydrogen) atoms. The van der Waals surface area contributed by atoms with Crippen LogP contribution in [-0.4, -0.2) is 18.1 Å². The van der Waals surface area contributed by atoms with Crippen LogP contribution in [0.4, 0.5) is 5.69 Å². The topological polar surface area (TPSA) is 28.2 Å². The maximum atomic E-state index is 4.09. The highest BCUT2D eigenvalue weighted by molar-refractivity contribution is 5.54. The third-order valence-corrected chi connectivity index (χ3v) is 3.58. The standard InChI is InChI=1S/C18H25N3/c1-3-11-20-14-17-7-5-6-8-18(17)21(4-2)15-16-9-12-19-13-10-16/h5-10,12-13,20H,3-4,11,14-15H2,1-2H3. The Labute approximate surface area is 128 Å². The SMILES string of the molecule is CCCNCc1ccccc1N(CC)Cc1ccncc1. The summed E-state index contributed by atoms with van der Waals surface area (Å²) in [5.41, 5.74) is 3.98. The average molecular weight is 283 g/mol. The molecule has 0 bridgehead atoms. The lowest BCUT2D eigenvalue weighted by molar-refractivity contribution is 0.672. The Morgan fingerprint density at radius 3 is 2.52 bits per heavy atom. The summed E-state index contributed by atoms with van der Waals surface area (Å²) in [6.07, 6.45) is 4.88. The lowest BCUT2D eigenvalue weighted by Crippen LogP contribution is -2.24. The van der Waals surface area contributed by atoms with Crippen LogP contribution in [0.3, 0.4) is 0 Å². The molecule has 1 aromatic heterocycles. The minimum absolute atomic E-state index is 0.920. The van der Waals surface area contributed by atoms with E-state index in [9.17, 15) is 0 Å². The number of pyridine rings is 1. The zero-order valence-corrected chi connectivity index (χ0v) is 13.0. The zero-order chi connectivity index (χ0) is 14.9. The lowest BCUT2D eigenvalue weighted by atomic mass is 10.1. The molecule has 0 spiro atoms. The molecule has 0 aliphatic carbocycles. The van der Waals surface area contributed by atoms with Gasteiger partial charge in [0.05, 0.1) is 0 Å². The number of nitrogens with zero attached hydrogens (tertiary/aromatic N) is 2. The predicted molar refractivity (Wildman–Crippen MR) is 89.4 cm³/mol. The molecular formula is C18H25N3. The molecular weight excluding hydrogens is 258 g/mol. The molecule has 112 valence electrons. The second-order valence-corrected chi connectivity index (χ2v) is 5.18. The minimum Gasteiger partial charge on any atom is -0.367 e. The normalized spacial score (nSPS) is 10.6. The lowest BCUT2D eigenvalue weighted by Gasteiger charge is -2.26. The summed E-state index contributed by atoms with van der Waals surface area (Å²) in [6.45, 7) is 8.30. The first kappa shape index (κ1) is 15.5. The van der Waals surface area contributed by atoms with Crippen LogP contribution in [0, 0.1) is 0 Å². The number of rotatable bonds is 8. The van der Waals surface area contributed by atoms with Crippen LogP contribution in [0.25, 0.3) is 0 Å². The highest BCUT2D eigenvalue weighted by Gasteiger charge is 2.09. The number of hydrogen-bond donors (Lipinski definition) is 1. The summed E-state index contributed by atoms with van der Waals surface area (Å²) in [6, 6.07) is 12.8. The van der Waals surface area contributed by atoms with Crippen molar-refractivity contribution in [3.05, 3.63) is 59.9 Å². The second kappa shape index (κ2) is 8.42. The van der Waals surface area contributed by atoms with E-state index in [1.54, 1.807) is 0 Å². The summed E-state index contributed by atoms with van der Waals surface area (Å²) in [4.78, 5) is 6.51. The Morgan fingerprint density at radius 2 is 1.81 bits per heavy atom. The molecule has 3 nitrogen and oxygen atoms in total. The molecule has 0 aliphatic heterocycles. The summed E-state index contributed by atoms with van der Waals surface area (Å²) in [5.74, 6) is 0. The van der Waals surface area contributed by atoms with Gasteiger partial charge in [-0.25, -0.2) is 0 Å². The fraction of sp³-hybridized carbons (Fsp3) is 0.389. The van der Waals surface area contributed by atoms with Crippen LogP contribution in [0.5, 0.6) is 0 Å². The van der Waals surface area contributed by atoms with Crippen molar-refractivity contribution < 1.29 is 0 Å². The summed E-state index contributed by atoms with van der Waals surface area (Å²) >= 11 is 0. The van der Waals surface area contributed by atoms with Crippen LogP contribution >= 0.6 is 0 Å². The zero-order valence-electron chi connectivity index (χ0n) is 13.0. The predicted octanol–water partition coefficient (Wildman–Crippen LogP) is 3.61. The highest BCUT2D eigenvalue weighted by Crippen LogP contribution is 2.22. The van der Waals surface area contributed by atoms with Gasteiger partial charge in [0, 0.05) is 37.7 Å². The van der Waals surface area contributed by atoms with Gasteiger partial charge in [-0.05, 0) is 49.2 Å². The molecule has 0 fully saturated rings. The Bertz CT molecular complexity index is 525. The van der Waals surface area contributed by atoms with Crippen molar-refractivity contribution in [2.75, 3.05) is 18.0 Å². The second-order valence-electron chi connectivity index (χ2n) is 5.18.